The Morgan fingerprint density at radius 2 is 2.17 bits per heavy atom. The molecule has 8 heteroatoms. The van der Waals surface area contributed by atoms with E-state index in [-0.39, 0.29) is 17.1 Å². The maximum absolute atomic E-state index is 14.2. The SMILES string of the molecule is N/C=C(/C(=O)N1CCc2[nH]cnc2C1c1cc2cccc(F)c2o1)c1ccccn1. The fourth-order valence-corrected chi connectivity index (χ4v) is 3.91. The van der Waals surface area contributed by atoms with E-state index < -0.39 is 11.9 Å². The van der Waals surface area contributed by atoms with Crippen molar-refractivity contribution < 1.29 is 13.6 Å². The zero-order valence-electron chi connectivity index (χ0n) is 15.9. The van der Waals surface area contributed by atoms with Crippen molar-refractivity contribution in [3.8, 4) is 0 Å². The highest BCUT2D eigenvalue weighted by Gasteiger charge is 2.38. The first-order valence-electron chi connectivity index (χ1n) is 9.51. The van der Waals surface area contributed by atoms with Gasteiger partial charge in [0.2, 0.25) is 0 Å². The van der Waals surface area contributed by atoms with E-state index in [1.54, 1.807) is 53.8 Å². The minimum atomic E-state index is -0.613. The maximum Gasteiger partial charge on any atom is 0.258 e. The lowest BCUT2D eigenvalue weighted by Crippen LogP contribution is -2.41. The van der Waals surface area contributed by atoms with Crippen LogP contribution in [0.25, 0.3) is 16.5 Å². The molecular weight excluding hydrogens is 385 g/mol. The van der Waals surface area contributed by atoms with Gasteiger partial charge in [0.15, 0.2) is 11.4 Å². The number of imidazole rings is 1. The van der Waals surface area contributed by atoms with Gasteiger partial charge in [0.25, 0.3) is 5.91 Å². The number of benzene rings is 1. The number of carbonyl (C=O) groups is 1. The number of rotatable bonds is 3. The molecule has 0 aliphatic carbocycles. The molecule has 0 bridgehead atoms. The number of amides is 1. The minimum Gasteiger partial charge on any atom is -0.455 e. The lowest BCUT2D eigenvalue weighted by Gasteiger charge is -2.34. The van der Waals surface area contributed by atoms with Crippen LogP contribution in [-0.4, -0.2) is 32.3 Å². The summed E-state index contributed by atoms with van der Waals surface area (Å²) in [6.45, 7) is 0.419. The molecule has 0 spiro atoms. The number of nitrogens with zero attached hydrogens (tertiary/aromatic N) is 3. The van der Waals surface area contributed by atoms with Gasteiger partial charge in [0, 0.05) is 36.4 Å². The normalized spacial score (nSPS) is 16.6. The summed E-state index contributed by atoms with van der Waals surface area (Å²) >= 11 is 0. The predicted octanol–water partition coefficient (Wildman–Crippen LogP) is 3.16. The molecule has 30 heavy (non-hydrogen) atoms. The summed E-state index contributed by atoms with van der Waals surface area (Å²) < 4.78 is 20.1. The molecule has 1 unspecified atom stereocenters. The van der Waals surface area contributed by atoms with Crippen LogP contribution in [0.4, 0.5) is 4.39 Å². The molecule has 4 aromatic rings. The number of carbonyl (C=O) groups excluding carboxylic acids is 1. The van der Waals surface area contributed by atoms with Crippen LogP contribution >= 0.6 is 0 Å². The van der Waals surface area contributed by atoms with Crippen LogP contribution in [0.5, 0.6) is 0 Å². The van der Waals surface area contributed by atoms with Gasteiger partial charge in [0.1, 0.15) is 11.8 Å². The van der Waals surface area contributed by atoms with E-state index in [0.29, 0.717) is 35.5 Å². The van der Waals surface area contributed by atoms with Gasteiger partial charge in [-0.15, -0.1) is 0 Å². The second-order valence-electron chi connectivity index (χ2n) is 7.02. The molecular formula is C22H18FN5O2. The van der Waals surface area contributed by atoms with Crippen LogP contribution in [0.15, 0.2) is 65.6 Å². The number of hydrogen-bond donors (Lipinski definition) is 2. The van der Waals surface area contributed by atoms with Crippen LogP contribution in [0.3, 0.4) is 0 Å². The number of hydrogen-bond acceptors (Lipinski definition) is 5. The monoisotopic (exact) mass is 403 g/mol. The molecule has 1 aliphatic rings. The number of fused-ring (bicyclic) bond motifs is 2. The van der Waals surface area contributed by atoms with Gasteiger partial charge >= 0.3 is 0 Å². The second kappa shape index (κ2) is 7.14. The molecule has 3 N–H and O–H groups in total. The zero-order chi connectivity index (χ0) is 20.7. The van der Waals surface area contributed by atoms with E-state index in [2.05, 4.69) is 15.0 Å². The van der Waals surface area contributed by atoms with Gasteiger partial charge in [-0.1, -0.05) is 18.2 Å². The van der Waals surface area contributed by atoms with E-state index in [0.717, 1.165) is 5.69 Å². The summed E-state index contributed by atoms with van der Waals surface area (Å²) in [4.78, 5) is 27.0. The van der Waals surface area contributed by atoms with Crippen molar-refractivity contribution >= 4 is 22.4 Å². The van der Waals surface area contributed by atoms with E-state index in [9.17, 15) is 9.18 Å². The topological polar surface area (TPSA) is 101 Å². The summed E-state index contributed by atoms with van der Waals surface area (Å²) in [5, 5.41) is 0.624. The van der Waals surface area contributed by atoms with Crippen molar-refractivity contribution in [1.29, 1.82) is 0 Å². The number of para-hydroxylation sites is 1. The average molecular weight is 403 g/mol. The molecule has 1 aliphatic heterocycles. The molecule has 0 fully saturated rings. The molecule has 0 radical (unpaired) electrons. The predicted molar refractivity (Wildman–Crippen MR) is 108 cm³/mol. The van der Waals surface area contributed by atoms with Crippen LogP contribution < -0.4 is 5.73 Å². The Kier molecular flexibility index (Phi) is 4.31. The Morgan fingerprint density at radius 1 is 1.27 bits per heavy atom. The molecule has 7 nitrogen and oxygen atoms in total. The van der Waals surface area contributed by atoms with Crippen molar-refractivity contribution in [3.05, 3.63) is 89.8 Å². The molecule has 0 saturated heterocycles. The summed E-state index contributed by atoms with van der Waals surface area (Å²) in [7, 11) is 0. The molecule has 4 heterocycles. The highest BCUT2D eigenvalue weighted by Crippen LogP contribution is 2.38. The molecule has 1 atom stereocenters. The molecule has 150 valence electrons. The lowest BCUT2D eigenvalue weighted by molar-refractivity contribution is -0.127. The zero-order valence-corrected chi connectivity index (χ0v) is 15.9. The lowest BCUT2D eigenvalue weighted by atomic mass is 9.98. The molecule has 3 aromatic heterocycles. The number of aromatic nitrogens is 3. The van der Waals surface area contributed by atoms with Crippen LogP contribution in [0.1, 0.15) is 28.9 Å². The third-order valence-corrected chi connectivity index (χ3v) is 5.31. The Bertz CT molecular complexity index is 1260. The molecule has 5 rings (SSSR count). The van der Waals surface area contributed by atoms with E-state index in [1.807, 2.05) is 0 Å². The number of nitrogens with one attached hydrogen (secondary N) is 1. The number of nitrogens with two attached hydrogens (primary N) is 1. The minimum absolute atomic E-state index is 0.155. The van der Waals surface area contributed by atoms with Crippen molar-refractivity contribution in [1.82, 2.24) is 19.9 Å². The number of furan rings is 1. The van der Waals surface area contributed by atoms with E-state index in [4.69, 9.17) is 10.2 Å². The van der Waals surface area contributed by atoms with E-state index in [1.165, 1.54) is 12.3 Å². The van der Waals surface area contributed by atoms with Gasteiger partial charge < -0.3 is 20.0 Å². The fourth-order valence-electron chi connectivity index (χ4n) is 3.91. The summed E-state index contributed by atoms with van der Waals surface area (Å²) in [5.74, 6) is -0.310. The van der Waals surface area contributed by atoms with Crippen LogP contribution in [0.2, 0.25) is 0 Å². The fraction of sp³-hybridized carbons (Fsp3) is 0.136. The molecule has 1 aromatic carbocycles. The summed E-state index contributed by atoms with van der Waals surface area (Å²) in [5.41, 5.74) is 8.31. The third-order valence-electron chi connectivity index (χ3n) is 5.31. The molecule has 0 saturated carbocycles. The highest BCUT2D eigenvalue weighted by atomic mass is 19.1. The number of pyridine rings is 1. The largest absolute Gasteiger partial charge is 0.455 e. The number of aromatic amines is 1. The molecule has 1 amide bonds. The van der Waals surface area contributed by atoms with Crippen molar-refractivity contribution in [2.45, 2.75) is 12.5 Å². The first-order valence-corrected chi connectivity index (χ1v) is 9.51. The Morgan fingerprint density at radius 3 is 2.93 bits per heavy atom. The van der Waals surface area contributed by atoms with Gasteiger partial charge in [0.05, 0.1) is 23.3 Å². The highest BCUT2D eigenvalue weighted by molar-refractivity contribution is 6.19. The number of H-pyrrole nitrogens is 1. The Hall–Kier alpha value is -3.94. The van der Waals surface area contributed by atoms with E-state index >= 15 is 0 Å². The quantitative estimate of drug-likeness (QED) is 0.512. The maximum atomic E-state index is 14.2. The van der Waals surface area contributed by atoms with Crippen molar-refractivity contribution in [2.75, 3.05) is 6.54 Å². The van der Waals surface area contributed by atoms with Crippen molar-refractivity contribution in [2.24, 2.45) is 5.73 Å². The second-order valence-corrected chi connectivity index (χ2v) is 7.02. The number of halogens is 1. The van der Waals surface area contributed by atoms with Gasteiger partial charge in [-0.2, -0.15) is 0 Å². The summed E-state index contributed by atoms with van der Waals surface area (Å²) in [6, 6.07) is 11.2. The van der Waals surface area contributed by atoms with Gasteiger partial charge in [-0.3, -0.25) is 9.78 Å². The Labute approximate surface area is 171 Å². The first kappa shape index (κ1) is 18.1. The first-order chi connectivity index (χ1) is 14.7. The smallest absolute Gasteiger partial charge is 0.258 e. The average Bonchev–Trinajstić information content (AvgIpc) is 3.42. The summed E-state index contributed by atoms with van der Waals surface area (Å²) in [6.07, 6.45) is 5.06. The Balaban J connectivity index is 1.62. The van der Waals surface area contributed by atoms with Crippen LogP contribution in [0, 0.1) is 5.82 Å². The van der Waals surface area contributed by atoms with Crippen molar-refractivity contribution in [3.63, 3.8) is 0 Å². The third kappa shape index (κ3) is 2.85. The van der Waals surface area contributed by atoms with Gasteiger partial charge in [-0.05, 0) is 24.3 Å². The van der Waals surface area contributed by atoms with Gasteiger partial charge in [-0.25, -0.2) is 9.37 Å². The van der Waals surface area contributed by atoms with Crippen LogP contribution in [-0.2, 0) is 11.2 Å². The standard InChI is InChI=1S/C22H18FN5O2/c23-15-5-3-4-13-10-18(30-21(13)15)20-19-17(26-12-27-19)7-9-28(20)22(29)14(11-24)16-6-1-2-8-25-16/h1-6,8,10-12,20H,7,9,24H2,(H,26,27)/b14-11+.